The van der Waals surface area contributed by atoms with Gasteiger partial charge in [-0.15, -0.1) is 5.10 Å². The van der Waals surface area contributed by atoms with Crippen LogP contribution in [0.2, 0.25) is 5.02 Å². The van der Waals surface area contributed by atoms with Crippen LogP contribution in [0.3, 0.4) is 0 Å². The lowest BCUT2D eigenvalue weighted by Gasteiger charge is -2.20. The Morgan fingerprint density at radius 3 is 2.71 bits per heavy atom. The first kappa shape index (κ1) is 13.9. The van der Waals surface area contributed by atoms with Crippen molar-refractivity contribution in [3.05, 3.63) is 59.2 Å². The van der Waals surface area contributed by atoms with Crippen LogP contribution in [0.15, 0.2) is 48.7 Å². The maximum Gasteiger partial charge on any atom is 0.246 e. The number of hydrogen-bond donors (Lipinski definition) is 1. The molecule has 2 heterocycles. The number of hydrogen-bond acceptors (Lipinski definition) is 4. The Labute approximate surface area is 128 Å². The summed E-state index contributed by atoms with van der Waals surface area (Å²) < 4.78 is 1.69. The fourth-order valence-electron chi connectivity index (χ4n) is 2.19. The van der Waals surface area contributed by atoms with E-state index in [4.69, 9.17) is 17.3 Å². The molecule has 2 aromatic heterocycles. The largest absolute Gasteiger partial charge is 0.334 e. The van der Waals surface area contributed by atoms with E-state index in [0.29, 0.717) is 24.1 Å². The molecule has 0 spiro atoms. The molecule has 0 radical (unpaired) electrons. The van der Waals surface area contributed by atoms with Crippen molar-refractivity contribution in [2.24, 2.45) is 5.73 Å². The summed E-state index contributed by atoms with van der Waals surface area (Å²) in [5.41, 5.74) is 7.68. The van der Waals surface area contributed by atoms with Crippen LogP contribution in [0.4, 0.5) is 5.95 Å². The molecule has 2 N–H and O–H groups in total. The van der Waals surface area contributed by atoms with E-state index in [-0.39, 0.29) is 0 Å². The molecular weight excluding hydrogens is 286 g/mol. The van der Waals surface area contributed by atoms with E-state index in [1.165, 1.54) is 5.56 Å². The van der Waals surface area contributed by atoms with Gasteiger partial charge in [-0.3, -0.25) is 0 Å². The van der Waals surface area contributed by atoms with Crippen LogP contribution in [0.1, 0.15) is 5.56 Å². The highest BCUT2D eigenvalue weighted by molar-refractivity contribution is 6.30. The van der Waals surface area contributed by atoms with Crippen molar-refractivity contribution < 1.29 is 0 Å². The molecule has 0 fully saturated rings. The fourth-order valence-corrected chi connectivity index (χ4v) is 2.35. The zero-order valence-electron chi connectivity index (χ0n) is 11.5. The molecule has 0 bridgehead atoms. The van der Waals surface area contributed by atoms with Crippen molar-refractivity contribution in [1.82, 2.24) is 14.6 Å². The molecule has 0 aliphatic rings. The molecule has 5 nitrogen and oxygen atoms in total. The summed E-state index contributed by atoms with van der Waals surface area (Å²) in [5.74, 6) is 0.659. The minimum absolute atomic E-state index is 0.545. The van der Waals surface area contributed by atoms with E-state index in [2.05, 4.69) is 27.1 Å². The van der Waals surface area contributed by atoms with Gasteiger partial charge in [-0.05, 0) is 17.7 Å². The standard InChI is InChI=1S/C15H16ClN5/c16-13-6-7-14-18-15(19-21(14)11-13)20(9-8-17)10-12-4-2-1-3-5-12/h1-7,11H,8-10,17H2. The second kappa shape index (κ2) is 6.11. The third-order valence-electron chi connectivity index (χ3n) is 3.18. The zero-order chi connectivity index (χ0) is 14.7. The van der Waals surface area contributed by atoms with Crippen molar-refractivity contribution >= 4 is 23.2 Å². The van der Waals surface area contributed by atoms with E-state index >= 15 is 0 Å². The normalized spacial score (nSPS) is 11.0. The van der Waals surface area contributed by atoms with Gasteiger partial charge in [0.05, 0.1) is 5.02 Å². The van der Waals surface area contributed by atoms with Crippen LogP contribution >= 0.6 is 11.6 Å². The average molecular weight is 302 g/mol. The zero-order valence-corrected chi connectivity index (χ0v) is 12.2. The van der Waals surface area contributed by atoms with Crippen molar-refractivity contribution in [2.75, 3.05) is 18.0 Å². The molecule has 1 aromatic carbocycles. The van der Waals surface area contributed by atoms with Crippen molar-refractivity contribution in [3.63, 3.8) is 0 Å². The Balaban J connectivity index is 1.91. The van der Waals surface area contributed by atoms with Crippen LogP contribution in [0, 0.1) is 0 Å². The fraction of sp³-hybridized carbons (Fsp3) is 0.200. The molecule has 0 unspecified atom stereocenters. The summed E-state index contributed by atoms with van der Waals surface area (Å²) in [6, 6.07) is 13.9. The smallest absolute Gasteiger partial charge is 0.246 e. The van der Waals surface area contributed by atoms with E-state index in [0.717, 1.165) is 12.2 Å². The molecule has 0 aliphatic heterocycles. The summed E-state index contributed by atoms with van der Waals surface area (Å²) in [6.45, 7) is 1.96. The molecule has 3 aromatic rings. The topological polar surface area (TPSA) is 59.5 Å². The first-order valence-corrected chi connectivity index (χ1v) is 7.15. The van der Waals surface area contributed by atoms with Crippen LogP contribution < -0.4 is 10.6 Å². The van der Waals surface area contributed by atoms with E-state index in [1.54, 1.807) is 16.8 Å². The predicted molar refractivity (Wildman–Crippen MR) is 84.5 cm³/mol. The first-order valence-electron chi connectivity index (χ1n) is 6.77. The first-order chi connectivity index (χ1) is 10.3. The number of anilines is 1. The Morgan fingerprint density at radius 1 is 1.14 bits per heavy atom. The number of aromatic nitrogens is 3. The Kier molecular flexibility index (Phi) is 4.03. The lowest BCUT2D eigenvalue weighted by molar-refractivity contribution is 0.755. The van der Waals surface area contributed by atoms with Crippen molar-refractivity contribution in [1.29, 1.82) is 0 Å². The van der Waals surface area contributed by atoms with Gasteiger partial charge in [0.2, 0.25) is 5.95 Å². The molecule has 0 saturated heterocycles. The SMILES string of the molecule is NCCN(Cc1ccccc1)c1nc2ccc(Cl)cn2n1. The molecule has 6 heteroatoms. The van der Waals surface area contributed by atoms with Crippen LogP contribution in [0.5, 0.6) is 0 Å². The number of benzene rings is 1. The maximum absolute atomic E-state index is 5.98. The van der Waals surface area contributed by atoms with E-state index < -0.39 is 0 Å². The third kappa shape index (κ3) is 3.15. The summed E-state index contributed by atoms with van der Waals surface area (Å²) in [4.78, 5) is 6.60. The summed E-state index contributed by atoms with van der Waals surface area (Å²) in [6.07, 6.45) is 1.75. The van der Waals surface area contributed by atoms with Crippen LogP contribution in [0.25, 0.3) is 5.65 Å². The Bertz CT molecular complexity index is 725. The molecule has 108 valence electrons. The van der Waals surface area contributed by atoms with Gasteiger partial charge in [-0.25, -0.2) is 4.52 Å². The van der Waals surface area contributed by atoms with Crippen molar-refractivity contribution in [3.8, 4) is 0 Å². The number of halogens is 1. The minimum Gasteiger partial charge on any atom is -0.334 e. The van der Waals surface area contributed by atoms with Gasteiger partial charge in [-0.1, -0.05) is 41.9 Å². The van der Waals surface area contributed by atoms with Crippen molar-refractivity contribution in [2.45, 2.75) is 6.54 Å². The van der Waals surface area contributed by atoms with Crippen LogP contribution in [-0.4, -0.2) is 27.7 Å². The number of rotatable bonds is 5. The molecule has 0 atom stereocenters. The molecule has 0 saturated carbocycles. The summed E-state index contributed by atoms with van der Waals surface area (Å²) in [5, 5.41) is 5.11. The predicted octanol–water partition coefficient (Wildman–Crippen LogP) is 2.35. The highest BCUT2D eigenvalue weighted by Crippen LogP contribution is 2.16. The Morgan fingerprint density at radius 2 is 1.95 bits per heavy atom. The quantitative estimate of drug-likeness (QED) is 0.786. The molecule has 3 rings (SSSR count). The molecular formula is C15H16ClN5. The summed E-state index contributed by atoms with van der Waals surface area (Å²) >= 11 is 5.98. The van der Waals surface area contributed by atoms with Gasteiger partial charge in [0, 0.05) is 25.8 Å². The van der Waals surface area contributed by atoms with Gasteiger partial charge in [0.1, 0.15) is 0 Å². The lowest BCUT2D eigenvalue weighted by Crippen LogP contribution is -2.29. The highest BCUT2D eigenvalue weighted by Gasteiger charge is 2.12. The number of fused-ring (bicyclic) bond motifs is 1. The number of nitrogens with two attached hydrogens (primary N) is 1. The minimum atomic E-state index is 0.545. The third-order valence-corrected chi connectivity index (χ3v) is 3.41. The Hall–Kier alpha value is -2.11. The summed E-state index contributed by atoms with van der Waals surface area (Å²) in [7, 11) is 0. The monoisotopic (exact) mass is 301 g/mol. The molecule has 0 aliphatic carbocycles. The van der Waals surface area contributed by atoms with Gasteiger partial charge in [-0.2, -0.15) is 4.98 Å². The number of nitrogens with zero attached hydrogens (tertiary/aromatic N) is 4. The van der Waals surface area contributed by atoms with Gasteiger partial charge in [0.25, 0.3) is 0 Å². The van der Waals surface area contributed by atoms with Gasteiger partial charge >= 0.3 is 0 Å². The van der Waals surface area contributed by atoms with E-state index in [9.17, 15) is 0 Å². The van der Waals surface area contributed by atoms with Gasteiger partial charge < -0.3 is 10.6 Å². The maximum atomic E-state index is 5.98. The molecule has 0 amide bonds. The lowest BCUT2D eigenvalue weighted by atomic mass is 10.2. The second-order valence-electron chi connectivity index (χ2n) is 4.76. The number of pyridine rings is 1. The molecule has 21 heavy (non-hydrogen) atoms. The average Bonchev–Trinajstić information content (AvgIpc) is 2.91. The van der Waals surface area contributed by atoms with E-state index in [1.807, 2.05) is 24.3 Å². The second-order valence-corrected chi connectivity index (χ2v) is 5.19. The van der Waals surface area contributed by atoms with Crippen LogP contribution in [-0.2, 0) is 6.54 Å². The highest BCUT2D eigenvalue weighted by atomic mass is 35.5. The van der Waals surface area contributed by atoms with Gasteiger partial charge in [0.15, 0.2) is 5.65 Å².